The molecule has 0 atom stereocenters. The van der Waals surface area contributed by atoms with Crippen LogP contribution in [-0.2, 0) is 6.42 Å². The van der Waals surface area contributed by atoms with Gasteiger partial charge in [-0.05, 0) is 30.7 Å². The van der Waals surface area contributed by atoms with Gasteiger partial charge in [0.15, 0.2) is 5.96 Å². The molecule has 22 heavy (non-hydrogen) atoms. The summed E-state index contributed by atoms with van der Waals surface area (Å²) in [5.74, 6) is 1.50. The van der Waals surface area contributed by atoms with Crippen LogP contribution in [0.1, 0.15) is 12.3 Å². The van der Waals surface area contributed by atoms with Crippen LogP contribution in [0.15, 0.2) is 33.8 Å². The second-order valence-corrected chi connectivity index (χ2v) is 4.37. The molecule has 0 unspecified atom stereocenters. The fraction of sp³-hybridized carbons (Fsp3) is 0.357. The highest BCUT2D eigenvalue weighted by molar-refractivity contribution is 14.0. The summed E-state index contributed by atoms with van der Waals surface area (Å²) in [7, 11) is 3.52. The molecule has 0 aliphatic heterocycles. The van der Waals surface area contributed by atoms with Crippen molar-refractivity contribution in [3.63, 3.8) is 0 Å². The maximum Gasteiger partial charge on any atom is 0.227 e. The van der Waals surface area contributed by atoms with E-state index in [-0.39, 0.29) is 29.8 Å². The van der Waals surface area contributed by atoms with Crippen molar-refractivity contribution in [1.29, 1.82) is 0 Å². The van der Waals surface area contributed by atoms with Crippen molar-refractivity contribution in [2.24, 2.45) is 4.99 Å². The molecule has 8 heteroatoms. The summed E-state index contributed by atoms with van der Waals surface area (Å²) in [5, 5.41) is 9.98. The molecule has 0 spiro atoms. The monoisotopic (exact) mass is 419 g/mol. The predicted octanol–water partition coefficient (Wildman–Crippen LogP) is 2.22. The number of aromatic nitrogens is 2. The van der Waals surface area contributed by atoms with Gasteiger partial charge < -0.3 is 15.2 Å². The van der Waals surface area contributed by atoms with E-state index in [0.29, 0.717) is 18.1 Å². The van der Waals surface area contributed by atoms with Gasteiger partial charge in [-0.1, -0.05) is 5.16 Å². The molecule has 0 aliphatic rings. The van der Waals surface area contributed by atoms with Crippen LogP contribution in [0.4, 0.5) is 4.39 Å². The second-order valence-electron chi connectivity index (χ2n) is 4.37. The summed E-state index contributed by atoms with van der Waals surface area (Å²) in [6.45, 7) is 0.752. The lowest BCUT2D eigenvalue weighted by Gasteiger charge is -2.06. The Morgan fingerprint density at radius 2 is 2.05 bits per heavy atom. The number of nitrogens with one attached hydrogen (secondary N) is 2. The predicted molar refractivity (Wildman–Crippen MR) is 93.8 cm³/mol. The largest absolute Gasteiger partial charge is 0.359 e. The summed E-state index contributed by atoms with van der Waals surface area (Å²) in [5.41, 5.74) is 0.736. The van der Waals surface area contributed by atoms with Crippen LogP contribution in [0, 0.1) is 5.82 Å². The summed E-state index contributed by atoms with van der Waals surface area (Å²) < 4.78 is 18.0. The molecule has 2 aromatic rings. The summed E-state index contributed by atoms with van der Waals surface area (Å²) in [6.07, 6.45) is 1.51. The molecule has 2 N–H and O–H groups in total. The minimum Gasteiger partial charge on any atom is -0.359 e. The fourth-order valence-corrected chi connectivity index (χ4v) is 1.80. The average Bonchev–Trinajstić information content (AvgIpc) is 2.97. The minimum atomic E-state index is -0.286. The van der Waals surface area contributed by atoms with Crippen molar-refractivity contribution in [1.82, 2.24) is 20.8 Å². The summed E-state index contributed by atoms with van der Waals surface area (Å²) >= 11 is 0. The van der Waals surface area contributed by atoms with E-state index in [1.165, 1.54) is 12.1 Å². The lowest BCUT2D eigenvalue weighted by atomic mass is 10.2. The number of aryl methyl sites for hydroxylation is 1. The van der Waals surface area contributed by atoms with Gasteiger partial charge in [0.25, 0.3) is 0 Å². The average molecular weight is 419 g/mol. The van der Waals surface area contributed by atoms with Gasteiger partial charge in [0.1, 0.15) is 5.82 Å². The minimum absolute atomic E-state index is 0. The summed E-state index contributed by atoms with van der Waals surface area (Å²) in [6, 6.07) is 6.00. The van der Waals surface area contributed by atoms with E-state index in [9.17, 15) is 4.39 Å². The molecule has 0 fully saturated rings. The fourth-order valence-electron chi connectivity index (χ4n) is 1.80. The Bertz CT molecular complexity index is 600. The first-order valence-corrected chi connectivity index (χ1v) is 6.70. The van der Waals surface area contributed by atoms with E-state index in [1.807, 2.05) is 7.05 Å². The van der Waals surface area contributed by atoms with Crippen LogP contribution in [0.25, 0.3) is 11.4 Å². The number of halogens is 2. The van der Waals surface area contributed by atoms with E-state index < -0.39 is 0 Å². The third-order valence-electron chi connectivity index (χ3n) is 2.89. The Labute approximate surface area is 145 Å². The lowest BCUT2D eigenvalue weighted by Crippen LogP contribution is -2.35. The van der Waals surface area contributed by atoms with Crippen molar-refractivity contribution in [2.75, 3.05) is 20.6 Å². The molecule has 120 valence electrons. The van der Waals surface area contributed by atoms with Gasteiger partial charge in [0.05, 0.1) is 0 Å². The van der Waals surface area contributed by atoms with Gasteiger partial charge in [-0.3, -0.25) is 4.99 Å². The molecular weight excluding hydrogens is 400 g/mol. The number of nitrogens with zero attached hydrogens (tertiary/aromatic N) is 3. The first-order chi connectivity index (χ1) is 10.2. The quantitative estimate of drug-likeness (QED) is 0.337. The van der Waals surface area contributed by atoms with Crippen molar-refractivity contribution in [3.05, 3.63) is 36.0 Å². The Kier molecular flexibility index (Phi) is 7.78. The van der Waals surface area contributed by atoms with E-state index >= 15 is 0 Å². The first kappa shape index (κ1) is 18.3. The van der Waals surface area contributed by atoms with Crippen LogP contribution < -0.4 is 10.6 Å². The lowest BCUT2D eigenvalue weighted by molar-refractivity contribution is 0.376. The van der Waals surface area contributed by atoms with Gasteiger partial charge in [-0.2, -0.15) is 4.98 Å². The number of rotatable bonds is 5. The highest BCUT2D eigenvalue weighted by Crippen LogP contribution is 2.16. The Morgan fingerprint density at radius 1 is 1.32 bits per heavy atom. The van der Waals surface area contributed by atoms with E-state index in [2.05, 4.69) is 25.8 Å². The Hall–Kier alpha value is -1.71. The smallest absolute Gasteiger partial charge is 0.227 e. The highest BCUT2D eigenvalue weighted by atomic mass is 127. The zero-order valence-corrected chi connectivity index (χ0v) is 14.8. The van der Waals surface area contributed by atoms with Gasteiger partial charge in [-0.15, -0.1) is 24.0 Å². The molecule has 1 heterocycles. The van der Waals surface area contributed by atoms with Crippen molar-refractivity contribution < 1.29 is 8.91 Å². The molecule has 0 saturated heterocycles. The van der Waals surface area contributed by atoms with Gasteiger partial charge in [0.2, 0.25) is 11.7 Å². The Balaban J connectivity index is 0.00000242. The number of benzene rings is 1. The van der Waals surface area contributed by atoms with Gasteiger partial charge >= 0.3 is 0 Å². The number of aliphatic imine (C=N–C) groups is 1. The third-order valence-corrected chi connectivity index (χ3v) is 2.89. The molecule has 0 amide bonds. The molecule has 0 radical (unpaired) electrons. The Morgan fingerprint density at radius 3 is 2.68 bits per heavy atom. The number of hydrogen-bond donors (Lipinski definition) is 2. The van der Waals surface area contributed by atoms with E-state index in [4.69, 9.17) is 4.52 Å². The van der Waals surface area contributed by atoms with Crippen LogP contribution in [0.2, 0.25) is 0 Å². The molecule has 0 aliphatic carbocycles. The second kappa shape index (κ2) is 9.34. The standard InChI is InChI=1S/C14H18FN5O.HI/c1-16-14(17-2)18-9-3-4-12-19-13(20-21-12)10-5-7-11(15)8-6-10;/h5-8H,3-4,9H2,1-2H3,(H2,16,17,18);1H. The number of guanidine groups is 1. The van der Waals surface area contributed by atoms with Crippen molar-refractivity contribution >= 4 is 29.9 Å². The highest BCUT2D eigenvalue weighted by Gasteiger charge is 2.08. The van der Waals surface area contributed by atoms with E-state index in [1.54, 1.807) is 19.2 Å². The third kappa shape index (κ3) is 5.24. The molecule has 6 nitrogen and oxygen atoms in total. The maximum absolute atomic E-state index is 12.9. The van der Waals surface area contributed by atoms with Gasteiger partial charge in [-0.25, -0.2) is 4.39 Å². The van der Waals surface area contributed by atoms with Crippen LogP contribution in [0.3, 0.4) is 0 Å². The van der Waals surface area contributed by atoms with Crippen molar-refractivity contribution in [3.8, 4) is 11.4 Å². The van der Waals surface area contributed by atoms with Crippen LogP contribution >= 0.6 is 24.0 Å². The topological polar surface area (TPSA) is 75.3 Å². The molecule has 1 aromatic heterocycles. The maximum atomic E-state index is 12.9. The van der Waals surface area contributed by atoms with Crippen LogP contribution in [0.5, 0.6) is 0 Å². The zero-order valence-electron chi connectivity index (χ0n) is 12.5. The summed E-state index contributed by atoms with van der Waals surface area (Å²) in [4.78, 5) is 8.31. The first-order valence-electron chi connectivity index (χ1n) is 6.70. The molecule has 0 bridgehead atoms. The van der Waals surface area contributed by atoms with E-state index in [0.717, 1.165) is 24.5 Å². The molecular formula is C14H19FIN5O. The van der Waals surface area contributed by atoms with Crippen LogP contribution in [-0.4, -0.2) is 36.7 Å². The SMILES string of the molecule is CN=C(NC)NCCCc1nc(-c2ccc(F)cc2)no1.I. The van der Waals surface area contributed by atoms with Gasteiger partial charge in [0, 0.05) is 32.6 Å². The molecule has 0 saturated carbocycles. The molecule has 2 rings (SSSR count). The van der Waals surface area contributed by atoms with Crippen molar-refractivity contribution in [2.45, 2.75) is 12.8 Å². The molecule has 1 aromatic carbocycles. The normalized spacial score (nSPS) is 11.0. The zero-order chi connectivity index (χ0) is 15.1. The number of hydrogen-bond acceptors (Lipinski definition) is 4.